The lowest BCUT2D eigenvalue weighted by molar-refractivity contribution is -0.121. The quantitative estimate of drug-likeness (QED) is 0.878. The normalized spacial score (nSPS) is 16.2. The van der Waals surface area contributed by atoms with Crippen LogP contribution >= 0.6 is 11.6 Å². The first-order valence-corrected chi connectivity index (χ1v) is 8.04. The van der Waals surface area contributed by atoms with Gasteiger partial charge < -0.3 is 10.6 Å². The molecule has 2 aromatic rings. The molecule has 4 nitrogen and oxygen atoms in total. The van der Waals surface area contributed by atoms with Gasteiger partial charge in [0.05, 0.1) is 5.02 Å². The van der Waals surface area contributed by atoms with Crippen LogP contribution in [0.3, 0.4) is 0 Å². The van der Waals surface area contributed by atoms with Crippen LogP contribution in [0.4, 0.5) is 15.8 Å². The minimum atomic E-state index is -0.535. The predicted molar refractivity (Wildman–Crippen MR) is 91.5 cm³/mol. The smallest absolute Gasteiger partial charge is 0.227 e. The van der Waals surface area contributed by atoms with Crippen molar-refractivity contribution in [3.05, 3.63) is 58.9 Å². The van der Waals surface area contributed by atoms with Crippen molar-refractivity contribution in [3.63, 3.8) is 0 Å². The summed E-state index contributed by atoms with van der Waals surface area (Å²) in [4.78, 5) is 24.1. The minimum Gasteiger partial charge on any atom is -0.326 e. The predicted octanol–water partition coefficient (Wildman–Crippen LogP) is 4.01. The second-order valence-electron chi connectivity index (χ2n) is 5.76. The molecular weight excluding hydrogens is 331 g/mol. The van der Waals surface area contributed by atoms with Gasteiger partial charge in [-0.15, -0.1) is 0 Å². The third-order valence-electron chi connectivity index (χ3n) is 4.04. The Balaban J connectivity index is 1.56. The summed E-state index contributed by atoms with van der Waals surface area (Å²) in [6, 6.07) is 11.7. The monoisotopic (exact) mass is 346 g/mol. The highest BCUT2D eigenvalue weighted by Crippen LogP contribution is 2.27. The fraction of sp³-hybridized carbons (Fsp3) is 0.222. The molecule has 0 radical (unpaired) electrons. The summed E-state index contributed by atoms with van der Waals surface area (Å²) in [5, 5.41) is 5.48. The highest BCUT2D eigenvalue weighted by atomic mass is 35.5. The molecule has 0 saturated heterocycles. The average molecular weight is 347 g/mol. The van der Waals surface area contributed by atoms with Gasteiger partial charge in [0.15, 0.2) is 0 Å². The van der Waals surface area contributed by atoms with Crippen LogP contribution in [0.2, 0.25) is 5.02 Å². The number of benzene rings is 2. The van der Waals surface area contributed by atoms with Crippen LogP contribution in [0.5, 0.6) is 0 Å². The number of carbonyl (C=O) groups excluding carboxylic acids is 2. The zero-order valence-electron chi connectivity index (χ0n) is 12.8. The van der Waals surface area contributed by atoms with Gasteiger partial charge in [-0.3, -0.25) is 9.59 Å². The largest absolute Gasteiger partial charge is 0.326 e. The summed E-state index contributed by atoms with van der Waals surface area (Å²) < 4.78 is 13.1. The van der Waals surface area contributed by atoms with E-state index in [1.807, 2.05) is 24.3 Å². The lowest BCUT2D eigenvalue weighted by Gasteiger charge is -2.24. The van der Waals surface area contributed by atoms with Crippen LogP contribution in [0.25, 0.3) is 0 Å². The Morgan fingerprint density at radius 1 is 1.29 bits per heavy atom. The molecule has 1 heterocycles. The van der Waals surface area contributed by atoms with Crippen molar-refractivity contribution in [2.75, 3.05) is 10.6 Å². The Morgan fingerprint density at radius 3 is 2.88 bits per heavy atom. The summed E-state index contributed by atoms with van der Waals surface area (Å²) in [7, 11) is 0. The maximum Gasteiger partial charge on any atom is 0.227 e. The molecule has 0 fully saturated rings. The second kappa shape index (κ2) is 7.01. The maximum atomic E-state index is 13.1. The van der Waals surface area contributed by atoms with Crippen LogP contribution in [-0.4, -0.2) is 11.8 Å². The number of anilines is 2. The topological polar surface area (TPSA) is 58.2 Å². The van der Waals surface area contributed by atoms with Crippen LogP contribution in [0.15, 0.2) is 42.5 Å². The van der Waals surface area contributed by atoms with E-state index in [1.54, 1.807) is 0 Å². The van der Waals surface area contributed by atoms with E-state index in [0.29, 0.717) is 18.5 Å². The molecule has 3 rings (SSSR count). The van der Waals surface area contributed by atoms with E-state index in [4.69, 9.17) is 11.6 Å². The number of rotatable bonds is 4. The SMILES string of the molecule is O=C(CC[C@H]1Cc2ccccc2NC1=O)Nc1ccc(F)c(Cl)c1. The van der Waals surface area contributed by atoms with Gasteiger partial charge in [-0.25, -0.2) is 4.39 Å². The molecule has 0 unspecified atom stereocenters. The number of fused-ring (bicyclic) bond motifs is 1. The van der Waals surface area contributed by atoms with Gasteiger partial charge in [-0.2, -0.15) is 0 Å². The van der Waals surface area contributed by atoms with Crippen LogP contribution in [0, 0.1) is 11.7 Å². The molecule has 1 aliphatic heterocycles. The third-order valence-corrected chi connectivity index (χ3v) is 4.33. The van der Waals surface area contributed by atoms with Crippen molar-refractivity contribution in [2.45, 2.75) is 19.3 Å². The van der Waals surface area contributed by atoms with Gasteiger partial charge >= 0.3 is 0 Å². The molecule has 0 bridgehead atoms. The standard InChI is InChI=1S/C18H16ClFN2O2/c19-14-10-13(6-7-15(14)20)21-17(23)8-5-12-9-11-3-1-2-4-16(11)22-18(12)24/h1-4,6-7,10,12H,5,8-9H2,(H,21,23)(H,22,24)/t12-/m0/s1. The van der Waals surface area contributed by atoms with E-state index in [2.05, 4.69) is 10.6 Å². The summed E-state index contributed by atoms with van der Waals surface area (Å²) >= 11 is 5.68. The Labute approximate surface area is 144 Å². The van der Waals surface area contributed by atoms with Crippen LogP contribution < -0.4 is 10.6 Å². The van der Waals surface area contributed by atoms with Gasteiger partial charge in [-0.1, -0.05) is 29.8 Å². The first kappa shape index (κ1) is 16.5. The number of hydrogen-bond donors (Lipinski definition) is 2. The first-order valence-electron chi connectivity index (χ1n) is 7.66. The van der Waals surface area contributed by atoms with Crippen molar-refractivity contribution >= 4 is 34.8 Å². The molecule has 0 aliphatic carbocycles. The molecule has 2 N–H and O–H groups in total. The Hall–Kier alpha value is -2.40. The van der Waals surface area contributed by atoms with Crippen molar-refractivity contribution in [3.8, 4) is 0 Å². The molecule has 1 aliphatic rings. The van der Waals surface area contributed by atoms with E-state index in [1.165, 1.54) is 18.2 Å². The first-order chi connectivity index (χ1) is 11.5. The second-order valence-corrected chi connectivity index (χ2v) is 6.17. The van der Waals surface area contributed by atoms with Gasteiger partial charge in [-0.05, 0) is 42.7 Å². The lowest BCUT2D eigenvalue weighted by atomic mass is 9.89. The summed E-state index contributed by atoms with van der Waals surface area (Å²) in [5.41, 5.74) is 2.35. The molecule has 124 valence electrons. The van der Waals surface area contributed by atoms with Crippen molar-refractivity contribution < 1.29 is 14.0 Å². The summed E-state index contributed by atoms with van der Waals surface area (Å²) in [6.07, 6.45) is 1.27. The zero-order chi connectivity index (χ0) is 17.1. The maximum absolute atomic E-state index is 13.1. The van der Waals surface area contributed by atoms with Gasteiger partial charge in [0.25, 0.3) is 0 Å². The van der Waals surface area contributed by atoms with Crippen molar-refractivity contribution in [1.82, 2.24) is 0 Å². The number of para-hydroxylation sites is 1. The van der Waals surface area contributed by atoms with E-state index in [9.17, 15) is 14.0 Å². The number of carbonyl (C=O) groups is 2. The number of amides is 2. The van der Waals surface area contributed by atoms with E-state index >= 15 is 0 Å². The Morgan fingerprint density at radius 2 is 2.08 bits per heavy atom. The van der Waals surface area contributed by atoms with Gasteiger partial charge in [0, 0.05) is 23.7 Å². The van der Waals surface area contributed by atoms with Crippen molar-refractivity contribution in [2.24, 2.45) is 5.92 Å². The van der Waals surface area contributed by atoms with E-state index in [-0.39, 0.29) is 29.2 Å². The summed E-state index contributed by atoms with van der Waals surface area (Å²) in [5.74, 6) is -1.06. The average Bonchev–Trinajstić information content (AvgIpc) is 2.56. The summed E-state index contributed by atoms with van der Waals surface area (Å²) in [6.45, 7) is 0. The molecule has 2 aromatic carbocycles. The molecule has 0 aromatic heterocycles. The van der Waals surface area contributed by atoms with Gasteiger partial charge in [0.2, 0.25) is 11.8 Å². The van der Waals surface area contributed by atoms with E-state index < -0.39 is 5.82 Å². The minimum absolute atomic E-state index is 0.0453. The number of halogens is 2. The van der Waals surface area contributed by atoms with E-state index in [0.717, 1.165) is 11.3 Å². The third kappa shape index (κ3) is 3.74. The molecular formula is C18H16ClFN2O2. The fourth-order valence-electron chi connectivity index (χ4n) is 2.75. The molecule has 0 spiro atoms. The molecule has 0 saturated carbocycles. The highest BCUT2D eigenvalue weighted by molar-refractivity contribution is 6.31. The Kier molecular flexibility index (Phi) is 4.81. The Bertz CT molecular complexity index is 794. The zero-order valence-corrected chi connectivity index (χ0v) is 13.6. The van der Waals surface area contributed by atoms with Crippen molar-refractivity contribution in [1.29, 1.82) is 0 Å². The fourth-order valence-corrected chi connectivity index (χ4v) is 2.93. The van der Waals surface area contributed by atoms with Gasteiger partial charge in [0.1, 0.15) is 5.82 Å². The number of hydrogen-bond acceptors (Lipinski definition) is 2. The highest BCUT2D eigenvalue weighted by Gasteiger charge is 2.26. The van der Waals surface area contributed by atoms with Crippen LogP contribution in [0.1, 0.15) is 18.4 Å². The number of nitrogens with one attached hydrogen (secondary N) is 2. The molecule has 24 heavy (non-hydrogen) atoms. The molecule has 6 heteroatoms. The molecule has 2 amide bonds. The lowest BCUT2D eigenvalue weighted by Crippen LogP contribution is -2.30. The van der Waals surface area contributed by atoms with Crippen LogP contribution in [-0.2, 0) is 16.0 Å². The molecule has 1 atom stereocenters.